The van der Waals surface area contributed by atoms with Gasteiger partial charge in [-0.15, -0.1) is 0 Å². The number of alkyl carbamates (subject to hydrolysis) is 1. The molecule has 3 N–H and O–H groups in total. The van der Waals surface area contributed by atoms with E-state index in [1.165, 1.54) is 6.07 Å². The summed E-state index contributed by atoms with van der Waals surface area (Å²) in [6.45, 7) is 7.39. The highest BCUT2D eigenvalue weighted by atomic mass is 35.5. The van der Waals surface area contributed by atoms with Gasteiger partial charge in [-0.2, -0.15) is 0 Å². The number of pyridine rings is 1. The van der Waals surface area contributed by atoms with Crippen molar-refractivity contribution in [3.05, 3.63) is 56.6 Å². The number of carbonyl (C=O) groups excluding carboxylic acids is 1. The number of aryl methyl sites for hydroxylation is 1. The zero-order chi connectivity index (χ0) is 27.3. The van der Waals surface area contributed by atoms with Crippen LogP contribution in [0.5, 0.6) is 0 Å². The number of carbonyl (C=O) groups is 2. The van der Waals surface area contributed by atoms with Gasteiger partial charge in [-0.1, -0.05) is 17.7 Å². The number of aromatic nitrogens is 3. The van der Waals surface area contributed by atoms with Crippen LogP contribution in [-0.4, -0.2) is 57.4 Å². The summed E-state index contributed by atoms with van der Waals surface area (Å²) in [4.78, 5) is 47.9. The fourth-order valence-corrected chi connectivity index (χ4v) is 5.45. The molecule has 2 aliphatic rings. The van der Waals surface area contributed by atoms with E-state index in [9.17, 15) is 19.5 Å². The molecule has 3 heterocycles. The summed E-state index contributed by atoms with van der Waals surface area (Å²) in [6.07, 6.45) is -0.521. The lowest BCUT2D eigenvalue weighted by Gasteiger charge is -2.25. The summed E-state index contributed by atoms with van der Waals surface area (Å²) < 4.78 is 7.06. The quantitative estimate of drug-likeness (QED) is 0.385. The summed E-state index contributed by atoms with van der Waals surface area (Å²) in [5.41, 5.74) is 2.14. The molecule has 0 bridgehead atoms. The van der Waals surface area contributed by atoms with Crippen molar-refractivity contribution in [1.29, 1.82) is 0 Å². The molecule has 4 atom stereocenters. The number of hydrogen-bond acceptors (Lipinski definition) is 8. The highest BCUT2D eigenvalue weighted by Gasteiger charge is 2.59. The van der Waals surface area contributed by atoms with Gasteiger partial charge in [-0.3, -0.25) is 9.36 Å². The number of carboxylic acids is 1. The third-order valence-corrected chi connectivity index (χ3v) is 7.41. The monoisotopic (exact) mass is 540 g/mol. The zero-order valence-corrected chi connectivity index (χ0v) is 22.2. The normalized spacial score (nSPS) is 20.7. The first kappa shape index (κ1) is 25.8. The first-order valence-corrected chi connectivity index (χ1v) is 12.8. The van der Waals surface area contributed by atoms with Crippen molar-refractivity contribution in [1.82, 2.24) is 19.9 Å². The molecule has 3 aromatic rings. The van der Waals surface area contributed by atoms with Gasteiger partial charge in [0.15, 0.2) is 5.69 Å². The van der Waals surface area contributed by atoms with Crippen molar-refractivity contribution < 1.29 is 19.4 Å². The van der Waals surface area contributed by atoms with E-state index in [0.29, 0.717) is 42.2 Å². The standard InChI is InChI=1S/C26H29ClN6O5/c1-5-28-26(37)38-22-16-10-33(11-17(16)22)25-31-20-14(8-12(2)9-15(20)23(34)32(25)4)13(3)29-18-6-7-19(27)30-21(18)24(35)36/h6-9,13,16-17,22,29H,5,10-11H2,1-4H3,(H,28,37)(H,35,36)/t13-,16-,17+,22?/m0/s1. The molecule has 0 spiro atoms. The van der Waals surface area contributed by atoms with Crippen LogP contribution < -0.4 is 21.1 Å². The predicted octanol–water partition coefficient (Wildman–Crippen LogP) is 3.34. The predicted molar refractivity (Wildman–Crippen MR) is 143 cm³/mol. The highest BCUT2D eigenvalue weighted by molar-refractivity contribution is 6.29. The van der Waals surface area contributed by atoms with Gasteiger partial charge in [0.2, 0.25) is 5.95 Å². The second-order valence-electron chi connectivity index (χ2n) is 9.86. The van der Waals surface area contributed by atoms with Gasteiger partial charge in [0.05, 0.1) is 22.6 Å². The molecule has 1 saturated carbocycles. The maximum atomic E-state index is 13.4. The molecule has 0 radical (unpaired) electrons. The molecule has 1 saturated heterocycles. The van der Waals surface area contributed by atoms with Crippen molar-refractivity contribution in [3.8, 4) is 0 Å². The molecule has 1 aromatic carbocycles. The van der Waals surface area contributed by atoms with Crippen molar-refractivity contribution >= 4 is 46.2 Å². The number of carboxylic acid groups (broad SMARTS) is 1. The highest BCUT2D eigenvalue weighted by Crippen LogP contribution is 2.48. The van der Waals surface area contributed by atoms with E-state index in [0.717, 1.165) is 11.1 Å². The number of aromatic carboxylic acids is 1. The number of amides is 1. The van der Waals surface area contributed by atoms with Crippen molar-refractivity contribution in [2.24, 2.45) is 18.9 Å². The number of halogens is 1. The molecule has 1 aliphatic heterocycles. The van der Waals surface area contributed by atoms with Crippen LogP contribution in [-0.2, 0) is 11.8 Å². The minimum absolute atomic E-state index is 0.0821. The van der Waals surface area contributed by atoms with Gasteiger partial charge in [0.25, 0.3) is 5.56 Å². The minimum atomic E-state index is -1.20. The van der Waals surface area contributed by atoms with Crippen LogP contribution in [0.2, 0.25) is 5.15 Å². The zero-order valence-electron chi connectivity index (χ0n) is 21.5. The number of rotatable bonds is 7. The van der Waals surface area contributed by atoms with E-state index >= 15 is 0 Å². The van der Waals surface area contributed by atoms with Crippen LogP contribution in [0, 0.1) is 18.8 Å². The fraction of sp³-hybridized carbons (Fsp3) is 0.423. The number of piperidine rings is 1. The van der Waals surface area contributed by atoms with Crippen LogP contribution in [0.15, 0.2) is 29.1 Å². The number of nitrogens with zero attached hydrogens (tertiary/aromatic N) is 4. The second-order valence-corrected chi connectivity index (χ2v) is 10.2. The molecule has 38 heavy (non-hydrogen) atoms. The van der Waals surface area contributed by atoms with Crippen LogP contribution in [0.3, 0.4) is 0 Å². The Kier molecular flexibility index (Phi) is 6.64. The Balaban J connectivity index is 1.46. The van der Waals surface area contributed by atoms with E-state index in [1.54, 1.807) is 17.7 Å². The van der Waals surface area contributed by atoms with Gasteiger partial charge in [-0.25, -0.2) is 19.6 Å². The van der Waals surface area contributed by atoms with E-state index < -0.39 is 18.1 Å². The Morgan fingerprint density at radius 3 is 2.61 bits per heavy atom. The summed E-state index contributed by atoms with van der Waals surface area (Å²) in [6, 6.07) is 6.45. The van der Waals surface area contributed by atoms with E-state index in [1.807, 2.05) is 32.9 Å². The van der Waals surface area contributed by atoms with Gasteiger partial charge < -0.3 is 25.4 Å². The molecule has 200 valence electrons. The molecule has 1 aliphatic carbocycles. The number of ether oxygens (including phenoxy) is 1. The fourth-order valence-electron chi connectivity index (χ4n) is 5.30. The smallest absolute Gasteiger partial charge is 0.407 e. The Bertz CT molecular complexity index is 1500. The average Bonchev–Trinajstić information content (AvgIpc) is 3.29. The third kappa shape index (κ3) is 4.62. The molecular formula is C26H29ClN6O5. The lowest BCUT2D eigenvalue weighted by Crippen LogP contribution is -2.34. The Hall–Kier alpha value is -3.86. The van der Waals surface area contributed by atoms with Crippen molar-refractivity contribution in [3.63, 3.8) is 0 Å². The number of anilines is 2. The molecule has 2 fully saturated rings. The maximum Gasteiger partial charge on any atom is 0.407 e. The first-order chi connectivity index (χ1) is 18.1. The van der Waals surface area contributed by atoms with Gasteiger partial charge in [0, 0.05) is 44.1 Å². The Morgan fingerprint density at radius 2 is 1.95 bits per heavy atom. The number of nitrogens with one attached hydrogen (secondary N) is 2. The molecule has 11 nitrogen and oxygen atoms in total. The van der Waals surface area contributed by atoms with E-state index in [-0.39, 0.29) is 34.3 Å². The van der Waals surface area contributed by atoms with Crippen molar-refractivity contribution in [2.75, 3.05) is 29.9 Å². The first-order valence-electron chi connectivity index (χ1n) is 12.5. The Labute approximate surface area is 223 Å². The molecule has 12 heteroatoms. The summed E-state index contributed by atoms with van der Waals surface area (Å²) >= 11 is 5.90. The minimum Gasteiger partial charge on any atom is -0.476 e. The molecular weight excluding hydrogens is 512 g/mol. The molecule has 2 aromatic heterocycles. The Morgan fingerprint density at radius 1 is 1.24 bits per heavy atom. The summed E-state index contributed by atoms with van der Waals surface area (Å²) in [5.74, 6) is -0.249. The lowest BCUT2D eigenvalue weighted by molar-refractivity contribution is 0.0691. The van der Waals surface area contributed by atoms with Gasteiger partial charge >= 0.3 is 12.1 Å². The topological polar surface area (TPSA) is 139 Å². The third-order valence-electron chi connectivity index (χ3n) is 7.20. The summed E-state index contributed by atoms with van der Waals surface area (Å²) in [7, 11) is 1.71. The number of hydrogen-bond donors (Lipinski definition) is 3. The van der Waals surface area contributed by atoms with Gasteiger partial charge in [-0.05, 0) is 44.5 Å². The lowest BCUT2D eigenvalue weighted by atomic mass is 10.0. The van der Waals surface area contributed by atoms with Crippen LogP contribution in [0.1, 0.15) is 41.5 Å². The van der Waals surface area contributed by atoms with Crippen LogP contribution in [0.4, 0.5) is 16.4 Å². The summed E-state index contributed by atoms with van der Waals surface area (Å²) in [5, 5.41) is 16.0. The van der Waals surface area contributed by atoms with E-state index in [2.05, 4.69) is 20.5 Å². The number of fused-ring (bicyclic) bond motifs is 2. The van der Waals surface area contributed by atoms with Crippen molar-refractivity contribution in [2.45, 2.75) is 32.9 Å². The largest absolute Gasteiger partial charge is 0.476 e. The van der Waals surface area contributed by atoms with Gasteiger partial charge in [0.1, 0.15) is 11.3 Å². The maximum absolute atomic E-state index is 13.4. The van der Waals surface area contributed by atoms with Crippen LogP contribution in [0.25, 0.3) is 10.9 Å². The molecule has 1 amide bonds. The molecule has 5 rings (SSSR count). The SMILES string of the molecule is CCNC(=O)OC1[C@H]2CN(c3nc4c([C@H](C)Nc5ccc(Cl)nc5C(=O)O)cc(C)cc4c(=O)n3C)C[C@@H]12. The van der Waals surface area contributed by atoms with E-state index in [4.69, 9.17) is 21.3 Å². The van der Waals surface area contributed by atoms with Crippen LogP contribution >= 0.6 is 11.6 Å². The second kappa shape index (κ2) is 9.79. The number of benzene rings is 1. The molecule has 1 unspecified atom stereocenters. The average molecular weight is 541 g/mol.